The van der Waals surface area contributed by atoms with E-state index in [4.69, 9.17) is 4.74 Å². The van der Waals surface area contributed by atoms with Crippen molar-refractivity contribution in [2.75, 3.05) is 0 Å². The number of ether oxygens (including phenoxy) is 1. The number of hydrogen-bond acceptors (Lipinski definition) is 3. The van der Waals surface area contributed by atoms with Gasteiger partial charge in [-0.05, 0) is 18.8 Å². The Labute approximate surface area is 130 Å². The van der Waals surface area contributed by atoms with Crippen molar-refractivity contribution in [2.24, 2.45) is 5.92 Å². The fourth-order valence-corrected chi connectivity index (χ4v) is 2.29. The lowest BCUT2D eigenvalue weighted by Crippen LogP contribution is -2.30. The summed E-state index contributed by atoms with van der Waals surface area (Å²) >= 11 is 0. The third-order valence-corrected chi connectivity index (χ3v) is 3.92. The zero-order valence-corrected chi connectivity index (χ0v) is 14.5. The van der Waals surface area contributed by atoms with Crippen LogP contribution in [0.3, 0.4) is 0 Å². The molecule has 0 spiro atoms. The summed E-state index contributed by atoms with van der Waals surface area (Å²) in [5.74, 6) is 0.173. The number of hydrogen-bond donors (Lipinski definition) is 0. The second-order valence-corrected chi connectivity index (χ2v) is 6.10. The molecular weight excluding hydrogens is 264 g/mol. The molecule has 1 aliphatic heterocycles. The van der Waals surface area contributed by atoms with Crippen molar-refractivity contribution < 1.29 is 14.3 Å². The molecule has 3 heteroatoms. The van der Waals surface area contributed by atoms with Crippen LogP contribution in [0.2, 0.25) is 0 Å². The van der Waals surface area contributed by atoms with Crippen LogP contribution in [0, 0.1) is 5.92 Å². The summed E-state index contributed by atoms with van der Waals surface area (Å²) in [6.45, 7) is 8.55. The first-order valence-corrected chi connectivity index (χ1v) is 8.76. The van der Waals surface area contributed by atoms with E-state index in [2.05, 4.69) is 20.8 Å². The maximum absolute atomic E-state index is 11.5. The first kappa shape index (κ1) is 20.1. The highest BCUT2D eigenvalue weighted by atomic mass is 16.5. The summed E-state index contributed by atoms with van der Waals surface area (Å²) in [4.78, 5) is 23.0. The van der Waals surface area contributed by atoms with Crippen LogP contribution in [0.5, 0.6) is 0 Å². The Hall–Kier alpha value is -0.860. The number of carbonyl (C=O) groups is 2. The number of rotatable bonds is 6. The van der Waals surface area contributed by atoms with Crippen molar-refractivity contribution >= 4 is 11.8 Å². The molecule has 0 aromatic heterocycles. The van der Waals surface area contributed by atoms with Gasteiger partial charge >= 0.3 is 5.97 Å². The minimum absolute atomic E-state index is 0.0522. The highest BCUT2D eigenvalue weighted by Gasteiger charge is 2.26. The SMILES string of the molecule is CCCC.CCCCCC[C@H]1OC(=O)CCC(=O)C[C@H]1C. The topological polar surface area (TPSA) is 43.4 Å². The smallest absolute Gasteiger partial charge is 0.306 e. The molecule has 0 N–H and O–H groups in total. The predicted octanol–water partition coefficient (Wildman–Crippen LogP) is 5.06. The van der Waals surface area contributed by atoms with Crippen molar-refractivity contribution in [3.63, 3.8) is 0 Å². The van der Waals surface area contributed by atoms with Crippen LogP contribution in [0.1, 0.15) is 91.9 Å². The Kier molecular flexibility index (Phi) is 12.3. The van der Waals surface area contributed by atoms with Crippen molar-refractivity contribution in [2.45, 2.75) is 98.0 Å². The van der Waals surface area contributed by atoms with Gasteiger partial charge in [0.25, 0.3) is 0 Å². The van der Waals surface area contributed by atoms with Gasteiger partial charge in [-0.2, -0.15) is 0 Å². The highest BCUT2D eigenvalue weighted by Crippen LogP contribution is 2.23. The molecule has 0 unspecified atom stereocenters. The lowest BCUT2D eigenvalue weighted by atomic mass is 9.91. The van der Waals surface area contributed by atoms with Gasteiger partial charge in [-0.3, -0.25) is 9.59 Å². The largest absolute Gasteiger partial charge is 0.462 e. The number of ketones is 1. The van der Waals surface area contributed by atoms with Gasteiger partial charge in [0.05, 0.1) is 6.42 Å². The second-order valence-electron chi connectivity index (χ2n) is 6.10. The molecule has 1 rings (SSSR count). The molecule has 2 atom stereocenters. The number of unbranched alkanes of at least 4 members (excludes halogenated alkanes) is 4. The molecular formula is C18H34O3. The van der Waals surface area contributed by atoms with Crippen LogP contribution in [0.4, 0.5) is 0 Å². The van der Waals surface area contributed by atoms with Crippen molar-refractivity contribution in [3.8, 4) is 0 Å². The Bertz CT molecular complexity index is 284. The summed E-state index contributed by atoms with van der Waals surface area (Å²) in [5.41, 5.74) is 0. The van der Waals surface area contributed by atoms with E-state index in [0.29, 0.717) is 12.8 Å². The van der Waals surface area contributed by atoms with Gasteiger partial charge < -0.3 is 4.74 Å². The average molecular weight is 298 g/mol. The Balaban J connectivity index is 0.000000885. The molecule has 3 nitrogen and oxygen atoms in total. The molecule has 0 aromatic carbocycles. The van der Waals surface area contributed by atoms with E-state index in [9.17, 15) is 9.59 Å². The van der Waals surface area contributed by atoms with Gasteiger partial charge in [0, 0.05) is 12.8 Å². The third kappa shape index (κ3) is 10.5. The summed E-state index contributed by atoms with van der Waals surface area (Å²) in [7, 11) is 0. The predicted molar refractivity (Wildman–Crippen MR) is 87.2 cm³/mol. The molecule has 1 fully saturated rings. The van der Waals surface area contributed by atoms with Gasteiger partial charge in [0.15, 0.2) is 0 Å². The van der Waals surface area contributed by atoms with E-state index in [-0.39, 0.29) is 30.2 Å². The highest BCUT2D eigenvalue weighted by molar-refractivity contribution is 5.83. The van der Waals surface area contributed by atoms with E-state index in [0.717, 1.165) is 12.8 Å². The molecule has 0 radical (unpaired) electrons. The van der Waals surface area contributed by atoms with Crippen LogP contribution in [0.15, 0.2) is 0 Å². The zero-order valence-electron chi connectivity index (χ0n) is 14.5. The summed E-state index contributed by atoms with van der Waals surface area (Å²) in [6.07, 6.45) is 9.38. The Morgan fingerprint density at radius 3 is 2.19 bits per heavy atom. The van der Waals surface area contributed by atoms with Crippen LogP contribution in [0.25, 0.3) is 0 Å². The molecule has 1 saturated heterocycles. The minimum Gasteiger partial charge on any atom is -0.462 e. The fraction of sp³-hybridized carbons (Fsp3) is 0.889. The molecule has 1 heterocycles. The summed E-state index contributed by atoms with van der Waals surface area (Å²) < 4.78 is 5.44. The number of Topliss-reactive ketones (excluding diaryl/α,β-unsaturated/α-hetero) is 1. The lowest BCUT2D eigenvalue weighted by molar-refractivity contribution is -0.155. The Morgan fingerprint density at radius 1 is 0.952 bits per heavy atom. The van der Waals surface area contributed by atoms with E-state index >= 15 is 0 Å². The maximum atomic E-state index is 11.5. The first-order chi connectivity index (χ1) is 10.0. The van der Waals surface area contributed by atoms with E-state index in [1.165, 1.54) is 32.1 Å². The Morgan fingerprint density at radius 2 is 1.62 bits per heavy atom. The molecule has 1 aliphatic rings. The molecule has 124 valence electrons. The minimum atomic E-state index is -0.203. The van der Waals surface area contributed by atoms with Gasteiger partial charge in [-0.15, -0.1) is 0 Å². The normalized spacial score (nSPS) is 22.7. The molecule has 0 aromatic rings. The summed E-state index contributed by atoms with van der Waals surface area (Å²) in [6, 6.07) is 0. The molecule has 21 heavy (non-hydrogen) atoms. The van der Waals surface area contributed by atoms with Crippen LogP contribution < -0.4 is 0 Å². The molecule has 0 aliphatic carbocycles. The van der Waals surface area contributed by atoms with E-state index in [1.807, 2.05) is 6.92 Å². The van der Waals surface area contributed by atoms with Gasteiger partial charge in [0.2, 0.25) is 0 Å². The maximum Gasteiger partial charge on any atom is 0.306 e. The van der Waals surface area contributed by atoms with Gasteiger partial charge in [-0.1, -0.05) is 59.8 Å². The van der Waals surface area contributed by atoms with Crippen molar-refractivity contribution in [1.29, 1.82) is 0 Å². The number of carbonyl (C=O) groups excluding carboxylic acids is 2. The van der Waals surface area contributed by atoms with Crippen molar-refractivity contribution in [1.82, 2.24) is 0 Å². The monoisotopic (exact) mass is 298 g/mol. The third-order valence-electron chi connectivity index (χ3n) is 3.92. The second kappa shape index (κ2) is 12.8. The fourth-order valence-electron chi connectivity index (χ4n) is 2.29. The molecule has 0 amide bonds. The van der Waals surface area contributed by atoms with Gasteiger partial charge in [-0.25, -0.2) is 0 Å². The molecule has 0 bridgehead atoms. The average Bonchev–Trinajstić information content (AvgIpc) is 2.47. The molecule has 0 saturated carbocycles. The lowest BCUT2D eigenvalue weighted by Gasteiger charge is -2.26. The van der Waals surface area contributed by atoms with E-state index < -0.39 is 0 Å². The summed E-state index contributed by atoms with van der Waals surface area (Å²) in [5, 5.41) is 0. The van der Waals surface area contributed by atoms with E-state index in [1.54, 1.807) is 0 Å². The quantitative estimate of drug-likeness (QED) is 0.508. The number of esters is 1. The van der Waals surface area contributed by atoms with Gasteiger partial charge in [0.1, 0.15) is 11.9 Å². The zero-order chi connectivity index (χ0) is 16.1. The van der Waals surface area contributed by atoms with Crippen LogP contribution >= 0.6 is 0 Å². The number of cyclic esters (lactones) is 1. The first-order valence-electron chi connectivity index (χ1n) is 8.76. The van der Waals surface area contributed by atoms with Crippen molar-refractivity contribution in [3.05, 3.63) is 0 Å². The van der Waals surface area contributed by atoms with Crippen LogP contribution in [-0.4, -0.2) is 17.9 Å². The van der Waals surface area contributed by atoms with Crippen LogP contribution in [-0.2, 0) is 14.3 Å². The standard InChI is InChI=1S/C14H24O3.C4H10/c1-3-4-5-6-7-13-11(2)10-12(15)8-9-14(16)17-13;1-3-4-2/h11,13H,3-10H2,1-2H3;3-4H2,1-2H3/t11-,13-;/m1./s1.